The van der Waals surface area contributed by atoms with Gasteiger partial charge in [0.15, 0.2) is 0 Å². The summed E-state index contributed by atoms with van der Waals surface area (Å²) in [6.45, 7) is 0. The Morgan fingerprint density at radius 2 is 2.05 bits per heavy atom. The number of hydrogen-bond donors (Lipinski definition) is 2. The number of carbonyl (C=O) groups is 2. The van der Waals surface area contributed by atoms with Crippen molar-refractivity contribution < 1.29 is 14.7 Å². The van der Waals surface area contributed by atoms with Gasteiger partial charge in [-0.1, -0.05) is 17.7 Å². The molecule has 0 saturated heterocycles. The maximum atomic E-state index is 11.8. The summed E-state index contributed by atoms with van der Waals surface area (Å²) in [5.41, 5.74) is 1.22. The first-order valence-corrected chi connectivity index (χ1v) is 6.66. The average molecular weight is 305 g/mol. The molecule has 0 radical (unpaired) electrons. The molecule has 108 valence electrons. The van der Waals surface area contributed by atoms with Gasteiger partial charge in [0, 0.05) is 29.0 Å². The number of halogens is 1. The molecule has 0 spiro atoms. The first kappa shape index (κ1) is 15.0. The van der Waals surface area contributed by atoms with Gasteiger partial charge in [0.25, 0.3) is 0 Å². The highest BCUT2D eigenvalue weighted by Crippen LogP contribution is 2.19. The van der Waals surface area contributed by atoms with Crippen LogP contribution in [0.25, 0.3) is 0 Å². The molecule has 0 aliphatic heterocycles. The largest absolute Gasteiger partial charge is 0.478 e. The van der Waals surface area contributed by atoms with Crippen LogP contribution in [-0.2, 0) is 11.2 Å². The van der Waals surface area contributed by atoms with Gasteiger partial charge in [-0.3, -0.25) is 9.78 Å². The smallest absolute Gasteiger partial charge is 0.335 e. The molecule has 2 rings (SSSR count). The van der Waals surface area contributed by atoms with Crippen LogP contribution in [0.15, 0.2) is 42.6 Å². The van der Waals surface area contributed by atoms with Crippen molar-refractivity contribution in [3.8, 4) is 0 Å². The predicted octanol–water partition coefficient (Wildman–Crippen LogP) is 3.00. The number of pyridine rings is 1. The number of nitrogens with one attached hydrogen (secondary N) is 1. The van der Waals surface area contributed by atoms with E-state index in [0.717, 1.165) is 5.69 Å². The second-order valence-corrected chi connectivity index (χ2v) is 4.84. The minimum atomic E-state index is -1.10. The van der Waals surface area contributed by atoms with E-state index in [-0.39, 0.29) is 22.9 Å². The summed E-state index contributed by atoms with van der Waals surface area (Å²) in [6, 6.07) is 9.71. The topological polar surface area (TPSA) is 79.3 Å². The van der Waals surface area contributed by atoms with Crippen molar-refractivity contribution in [2.75, 3.05) is 5.32 Å². The number of anilines is 1. The first-order valence-electron chi connectivity index (χ1n) is 6.28. The van der Waals surface area contributed by atoms with Crippen LogP contribution in [0.4, 0.5) is 5.69 Å². The Hall–Kier alpha value is -2.40. The van der Waals surface area contributed by atoms with E-state index in [1.807, 2.05) is 18.2 Å². The monoisotopic (exact) mass is 304 g/mol. The number of carboxylic acid groups (broad SMARTS) is 1. The van der Waals surface area contributed by atoms with E-state index < -0.39 is 5.97 Å². The van der Waals surface area contributed by atoms with Crippen molar-refractivity contribution in [1.82, 2.24) is 4.98 Å². The molecule has 21 heavy (non-hydrogen) atoms. The Labute approximate surface area is 126 Å². The Balaban J connectivity index is 1.98. The molecule has 1 heterocycles. The van der Waals surface area contributed by atoms with E-state index in [0.29, 0.717) is 12.1 Å². The molecular formula is C15H13ClN2O3. The van der Waals surface area contributed by atoms with Crippen molar-refractivity contribution in [1.29, 1.82) is 0 Å². The molecule has 2 N–H and O–H groups in total. The van der Waals surface area contributed by atoms with Gasteiger partial charge in [0.05, 0.1) is 5.56 Å². The van der Waals surface area contributed by atoms with Crippen LogP contribution in [0.5, 0.6) is 0 Å². The number of carboxylic acids is 1. The standard InChI is InChI=1S/C15H13ClN2O3/c16-11-7-10(15(20)21)8-13(9-11)18-14(19)5-4-12-3-1-2-6-17-12/h1-3,6-9H,4-5H2,(H,18,19)(H,20,21). The summed E-state index contributed by atoms with van der Waals surface area (Å²) in [6.07, 6.45) is 2.44. The molecule has 5 nitrogen and oxygen atoms in total. The van der Waals surface area contributed by atoms with Gasteiger partial charge < -0.3 is 10.4 Å². The lowest BCUT2D eigenvalue weighted by Crippen LogP contribution is -2.13. The van der Waals surface area contributed by atoms with E-state index in [2.05, 4.69) is 10.3 Å². The fourth-order valence-electron chi connectivity index (χ4n) is 1.80. The highest BCUT2D eigenvalue weighted by molar-refractivity contribution is 6.31. The number of rotatable bonds is 5. The fraction of sp³-hybridized carbons (Fsp3) is 0.133. The summed E-state index contributed by atoms with van der Waals surface area (Å²) in [5.74, 6) is -1.32. The van der Waals surface area contributed by atoms with E-state index in [1.54, 1.807) is 6.20 Å². The molecule has 2 aromatic rings. The van der Waals surface area contributed by atoms with Crippen LogP contribution in [0.2, 0.25) is 5.02 Å². The predicted molar refractivity (Wildman–Crippen MR) is 79.6 cm³/mol. The molecule has 0 aliphatic rings. The summed E-state index contributed by atoms with van der Waals surface area (Å²) < 4.78 is 0. The van der Waals surface area contributed by atoms with Crippen molar-refractivity contribution >= 4 is 29.2 Å². The fourth-order valence-corrected chi connectivity index (χ4v) is 2.03. The Kier molecular flexibility index (Phi) is 4.90. The second-order valence-electron chi connectivity index (χ2n) is 4.40. The summed E-state index contributed by atoms with van der Waals surface area (Å²) in [5, 5.41) is 11.8. The number of aromatic carboxylic acids is 1. The molecule has 6 heteroatoms. The van der Waals surface area contributed by atoms with Crippen LogP contribution >= 0.6 is 11.6 Å². The minimum Gasteiger partial charge on any atom is -0.478 e. The first-order chi connectivity index (χ1) is 10.0. The lowest BCUT2D eigenvalue weighted by molar-refractivity contribution is -0.116. The van der Waals surface area contributed by atoms with Gasteiger partial charge in [0.1, 0.15) is 0 Å². The third-order valence-corrected chi connectivity index (χ3v) is 2.98. The quantitative estimate of drug-likeness (QED) is 0.890. The zero-order valence-electron chi connectivity index (χ0n) is 11.0. The van der Waals surface area contributed by atoms with Gasteiger partial charge in [-0.25, -0.2) is 4.79 Å². The summed E-state index contributed by atoms with van der Waals surface area (Å²) >= 11 is 5.83. The molecule has 0 atom stereocenters. The van der Waals surface area contributed by atoms with Crippen LogP contribution < -0.4 is 5.32 Å². The van der Waals surface area contributed by atoms with Crippen LogP contribution in [0.3, 0.4) is 0 Å². The molecule has 0 aliphatic carbocycles. The van der Waals surface area contributed by atoms with Gasteiger partial charge in [0.2, 0.25) is 5.91 Å². The normalized spacial score (nSPS) is 10.1. The van der Waals surface area contributed by atoms with E-state index in [4.69, 9.17) is 16.7 Å². The zero-order valence-corrected chi connectivity index (χ0v) is 11.8. The molecule has 0 unspecified atom stereocenters. The number of aryl methyl sites for hydroxylation is 1. The lowest BCUT2D eigenvalue weighted by atomic mass is 10.2. The third-order valence-electron chi connectivity index (χ3n) is 2.76. The number of nitrogens with zero attached hydrogens (tertiary/aromatic N) is 1. The Morgan fingerprint density at radius 1 is 1.24 bits per heavy atom. The molecule has 1 aromatic heterocycles. The average Bonchev–Trinajstić information content (AvgIpc) is 2.45. The maximum Gasteiger partial charge on any atom is 0.335 e. The molecular weight excluding hydrogens is 292 g/mol. The molecule has 0 fully saturated rings. The third kappa shape index (κ3) is 4.57. The molecule has 1 aromatic carbocycles. The molecule has 0 bridgehead atoms. The van der Waals surface area contributed by atoms with Gasteiger partial charge >= 0.3 is 5.97 Å². The van der Waals surface area contributed by atoms with Gasteiger partial charge in [-0.2, -0.15) is 0 Å². The SMILES string of the molecule is O=C(CCc1ccccn1)Nc1cc(Cl)cc(C(=O)O)c1. The molecule has 0 saturated carbocycles. The summed E-state index contributed by atoms with van der Waals surface area (Å²) in [7, 11) is 0. The van der Waals surface area contributed by atoms with Gasteiger partial charge in [-0.15, -0.1) is 0 Å². The number of benzene rings is 1. The maximum absolute atomic E-state index is 11.8. The Morgan fingerprint density at radius 3 is 2.71 bits per heavy atom. The number of hydrogen-bond acceptors (Lipinski definition) is 3. The highest BCUT2D eigenvalue weighted by Gasteiger charge is 2.09. The van der Waals surface area contributed by atoms with E-state index >= 15 is 0 Å². The van der Waals surface area contributed by atoms with E-state index in [1.165, 1.54) is 18.2 Å². The van der Waals surface area contributed by atoms with Crippen molar-refractivity contribution in [2.24, 2.45) is 0 Å². The van der Waals surface area contributed by atoms with Crippen LogP contribution in [0, 0.1) is 0 Å². The van der Waals surface area contributed by atoms with Crippen LogP contribution in [0.1, 0.15) is 22.5 Å². The van der Waals surface area contributed by atoms with Crippen molar-refractivity contribution in [3.63, 3.8) is 0 Å². The van der Waals surface area contributed by atoms with Crippen molar-refractivity contribution in [3.05, 3.63) is 58.9 Å². The number of amides is 1. The molecule has 1 amide bonds. The summed E-state index contributed by atoms with van der Waals surface area (Å²) in [4.78, 5) is 26.9. The van der Waals surface area contributed by atoms with Crippen molar-refractivity contribution in [2.45, 2.75) is 12.8 Å². The van der Waals surface area contributed by atoms with Crippen LogP contribution in [-0.4, -0.2) is 22.0 Å². The second kappa shape index (κ2) is 6.85. The minimum absolute atomic E-state index is 0.0301. The van der Waals surface area contributed by atoms with Gasteiger partial charge in [-0.05, 0) is 36.8 Å². The highest BCUT2D eigenvalue weighted by atomic mass is 35.5. The number of aromatic nitrogens is 1. The Bertz CT molecular complexity index is 659. The zero-order chi connectivity index (χ0) is 15.2. The lowest BCUT2D eigenvalue weighted by Gasteiger charge is -2.07. The number of carbonyl (C=O) groups excluding carboxylic acids is 1. The van der Waals surface area contributed by atoms with E-state index in [9.17, 15) is 9.59 Å².